The number of likely N-dealkylation sites (tertiary alicyclic amines) is 1. The normalized spacial score (nSPS) is 17.2. The Morgan fingerprint density at radius 1 is 1.29 bits per heavy atom. The van der Waals surface area contributed by atoms with Gasteiger partial charge in [-0.1, -0.05) is 13.8 Å². The molecule has 28 heavy (non-hydrogen) atoms. The molecule has 0 bridgehead atoms. The molecule has 3 aromatic rings. The largest absolute Gasteiger partial charge is 0.337 e. The zero-order valence-corrected chi connectivity index (χ0v) is 15.9. The van der Waals surface area contributed by atoms with E-state index in [0.717, 1.165) is 18.5 Å². The van der Waals surface area contributed by atoms with Gasteiger partial charge in [0.1, 0.15) is 12.0 Å². The van der Waals surface area contributed by atoms with Crippen molar-refractivity contribution in [2.24, 2.45) is 5.92 Å². The summed E-state index contributed by atoms with van der Waals surface area (Å²) in [4.78, 5) is 40.2. The van der Waals surface area contributed by atoms with Gasteiger partial charge >= 0.3 is 0 Å². The van der Waals surface area contributed by atoms with Crippen molar-refractivity contribution in [1.82, 2.24) is 29.5 Å². The molecule has 8 nitrogen and oxygen atoms in total. The highest BCUT2D eigenvalue weighted by atomic mass is 16.2. The van der Waals surface area contributed by atoms with Crippen LogP contribution in [-0.2, 0) is 0 Å². The summed E-state index contributed by atoms with van der Waals surface area (Å²) < 4.78 is 1.66. The fraction of sp³-hybridized carbons (Fsp3) is 0.400. The monoisotopic (exact) mass is 378 g/mol. The number of hydrogen-bond donors (Lipinski definition) is 0. The lowest BCUT2D eigenvalue weighted by molar-refractivity contribution is 0.0632. The van der Waals surface area contributed by atoms with Gasteiger partial charge in [0.15, 0.2) is 5.78 Å². The van der Waals surface area contributed by atoms with Crippen LogP contribution in [0.3, 0.4) is 0 Å². The molecule has 144 valence electrons. The third-order valence-corrected chi connectivity index (χ3v) is 5.12. The van der Waals surface area contributed by atoms with Gasteiger partial charge < -0.3 is 4.90 Å². The van der Waals surface area contributed by atoms with E-state index in [1.807, 2.05) is 13.8 Å². The number of carbonyl (C=O) groups excluding carboxylic acids is 2. The number of Topliss-reactive ketones (excluding diaryl/α,β-unsaturated/α-hetero) is 1. The van der Waals surface area contributed by atoms with Gasteiger partial charge in [-0.25, -0.2) is 9.50 Å². The lowest BCUT2D eigenvalue weighted by Gasteiger charge is -2.32. The molecule has 1 fully saturated rings. The maximum absolute atomic E-state index is 13.1. The third-order valence-electron chi connectivity index (χ3n) is 5.12. The second-order valence-corrected chi connectivity index (χ2v) is 7.39. The summed E-state index contributed by atoms with van der Waals surface area (Å²) in [5, 5.41) is 4.19. The van der Waals surface area contributed by atoms with Crippen LogP contribution in [0.15, 0.2) is 36.9 Å². The highest BCUT2D eigenvalue weighted by Gasteiger charge is 2.30. The standard InChI is InChI=1S/C20H22N6O2/c1-13(2)17-9-16(24-20-22-12-23-26(17)20)19(28)25-8-4-6-15(11-25)18(27)14-5-3-7-21-10-14/h3,5,7,9-10,12-13,15H,4,6,8,11H2,1-2H3/t15-/m1/s1. The minimum absolute atomic E-state index is 0.0364. The van der Waals surface area contributed by atoms with Crippen LogP contribution >= 0.6 is 0 Å². The number of pyridine rings is 1. The summed E-state index contributed by atoms with van der Waals surface area (Å²) >= 11 is 0. The second-order valence-electron chi connectivity index (χ2n) is 7.39. The average molecular weight is 378 g/mol. The van der Waals surface area contributed by atoms with E-state index >= 15 is 0 Å². The topological polar surface area (TPSA) is 93.4 Å². The van der Waals surface area contributed by atoms with Gasteiger partial charge in [0, 0.05) is 37.0 Å². The molecule has 0 N–H and O–H groups in total. The van der Waals surface area contributed by atoms with E-state index in [1.54, 1.807) is 40.0 Å². The highest BCUT2D eigenvalue weighted by molar-refractivity contribution is 5.98. The maximum Gasteiger partial charge on any atom is 0.272 e. The lowest BCUT2D eigenvalue weighted by atomic mass is 9.90. The first-order valence-corrected chi connectivity index (χ1v) is 9.49. The molecule has 3 aromatic heterocycles. The van der Waals surface area contributed by atoms with Crippen LogP contribution in [0.25, 0.3) is 5.78 Å². The van der Waals surface area contributed by atoms with Crippen molar-refractivity contribution in [2.75, 3.05) is 13.1 Å². The number of carbonyl (C=O) groups is 2. The first-order valence-electron chi connectivity index (χ1n) is 9.49. The first-order chi connectivity index (χ1) is 13.5. The van der Waals surface area contributed by atoms with Crippen LogP contribution in [0, 0.1) is 5.92 Å². The number of aromatic nitrogens is 5. The zero-order chi connectivity index (χ0) is 19.7. The summed E-state index contributed by atoms with van der Waals surface area (Å²) in [6.07, 6.45) is 6.22. The number of amides is 1. The van der Waals surface area contributed by atoms with Crippen molar-refractivity contribution >= 4 is 17.5 Å². The predicted molar refractivity (Wildman–Crippen MR) is 102 cm³/mol. The van der Waals surface area contributed by atoms with Crippen molar-refractivity contribution in [3.8, 4) is 0 Å². The molecule has 1 amide bonds. The summed E-state index contributed by atoms with van der Waals surface area (Å²) in [7, 11) is 0. The van der Waals surface area contributed by atoms with Crippen molar-refractivity contribution in [3.63, 3.8) is 0 Å². The van der Waals surface area contributed by atoms with Crippen LogP contribution < -0.4 is 0 Å². The zero-order valence-electron chi connectivity index (χ0n) is 15.9. The number of nitrogens with zero attached hydrogens (tertiary/aromatic N) is 6. The predicted octanol–water partition coefficient (Wildman–Crippen LogP) is 2.38. The van der Waals surface area contributed by atoms with Gasteiger partial charge in [-0.15, -0.1) is 0 Å². The maximum atomic E-state index is 13.1. The second kappa shape index (κ2) is 7.46. The van der Waals surface area contributed by atoms with Gasteiger partial charge in [-0.3, -0.25) is 14.6 Å². The minimum Gasteiger partial charge on any atom is -0.337 e. The van der Waals surface area contributed by atoms with Crippen molar-refractivity contribution < 1.29 is 9.59 Å². The molecular formula is C20H22N6O2. The average Bonchev–Trinajstić information content (AvgIpc) is 3.21. The van der Waals surface area contributed by atoms with Gasteiger partial charge in [0.25, 0.3) is 11.7 Å². The van der Waals surface area contributed by atoms with Crippen molar-refractivity contribution in [3.05, 3.63) is 53.9 Å². The van der Waals surface area contributed by atoms with E-state index in [-0.39, 0.29) is 23.5 Å². The van der Waals surface area contributed by atoms with Crippen LogP contribution in [0.4, 0.5) is 0 Å². The summed E-state index contributed by atoms with van der Waals surface area (Å²) in [5.41, 5.74) is 1.82. The molecule has 0 spiro atoms. The van der Waals surface area contributed by atoms with Gasteiger partial charge in [-0.2, -0.15) is 10.1 Å². The molecule has 0 saturated carbocycles. The molecular weight excluding hydrogens is 356 g/mol. The Labute approximate surface area is 162 Å². The fourth-order valence-corrected chi connectivity index (χ4v) is 3.64. The Kier molecular flexibility index (Phi) is 4.85. The summed E-state index contributed by atoms with van der Waals surface area (Å²) in [6, 6.07) is 5.30. The number of piperidine rings is 1. The molecule has 1 atom stereocenters. The minimum atomic E-state index is -0.219. The Balaban J connectivity index is 1.58. The van der Waals surface area contributed by atoms with Crippen LogP contribution in [-0.4, -0.2) is 54.2 Å². The quantitative estimate of drug-likeness (QED) is 0.647. The van der Waals surface area contributed by atoms with E-state index in [9.17, 15) is 9.59 Å². The van der Waals surface area contributed by atoms with Crippen molar-refractivity contribution in [1.29, 1.82) is 0 Å². The molecule has 1 saturated heterocycles. The van der Waals surface area contributed by atoms with Crippen LogP contribution in [0.1, 0.15) is 59.1 Å². The molecule has 0 aliphatic carbocycles. The Morgan fingerprint density at radius 2 is 2.14 bits per heavy atom. The molecule has 8 heteroatoms. The van der Waals surface area contributed by atoms with Gasteiger partial charge in [0.05, 0.1) is 5.69 Å². The number of fused-ring (bicyclic) bond motifs is 1. The number of ketones is 1. The Bertz CT molecular complexity index is 1010. The van der Waals surface area contributed by atoms with E-state index in [0.29, 0.717) is 30.1 Å². The number of hydrogen-bond acceptors (Lipinski definition) is 6. The number of rotatable bonds is 4. The Hall–Kier alpha value is -3.16. The van der Waals surface area contributed by atoms with E-state index in [4.69, 9.17) is 0 Å². The highest BCUT2D eigenvalue weighted by Crippen LogP contribution is 2.23. The molecule has 0 aromatic carbocycles. The first kappa shape index (κ1) is 18.2. The Morgan fingerprint density at radius 3 is 2.89 bits per heavy atom. The molecule has 4 rings (SSSR count). The molecule has 1 aliphatic rings. The van der Waals surface area contributed by atoms with E-state index in [2.05, 4.69) is 20.1 Å². The van der Waals surface area contributed by atoms with Gasteiger partial charge in [0.2, 0.25) is 0 Å². The van der Waals surface area contributed by atoms with Crippen LogP contribution in [0.5, 0.6) is 0 Å². The third kappa shape index (κ3) is 3.37. The molecule has 0 radical (unpaired) electrons. The van der Waals surface area contributed by atoms with E-state index in [1.165, 1.54) is 6.33 Å². The molecule has 4 heterocycles. The fourth-order valence-electron chi connectivity index (χ4n) is 3.64. The van der Waals surface area contributed by atoms with E-state index < -0.39 is 0 Å². The van der Waals surface area contributed by atoms with Gasteiger partial charge in [-0.05, 0) is 37.0 Å². The summed E-state index contributed by atoms with van der Waals surface area (Å²) in [6.45, 7) is 5.08. The lowest BCUT2D eigenvalue weighted by Crippen LogP contribution is -2.42. The van der Waals surface area contributed by atoms with Crippen molar-refractivity contribution in [2.45, 2.75) is 32.6 Å². The molecule has 0 unspecified atom stereocenters. The van der Waals surface area contributed by atoms with Crippen LogP contribution in [0.2, 0.25) is 0 Å². The SMILES string of the molecule is CC(C)c1cc(C(=O)N2CCC[C@@H](C(=O)c3cccnc3)C2)nc2ncnn12. The summed E-state index contributed by atoms with van der Waals surface area (Å²) in [5.74, 6) is 0.225. The smallest absolute Gasteiger partial charge is 0.272 e. The molecule has 1 aliphatic heterocycles.